The van der Waals surface area contributed by atoms with Crippen molar-refractivity contribution in [1.82, 2.24) is 4.98 Å². The monoisotopic (exact) mass is 179 g/mol. The highest BCUT2D eigenvalue weighted by Crippen LogP contribution is 2.17. The van der Waals surface area contributed by atoms with Crippen LogP contribution in [0.5, 0.6) is 0 Å². The normalized spacial score (nSPS) is 12.7. The third-order valence-corrected chi connectivity index (χ3v) is 1.67. The van der Waals surface area contributed by atoms with E-state index in [0.29, 0.717) is 12.2 Å². The van der Waals surface area contributed by atoms with Gasteiger partial charge in [0.25, 0.3) is 0 Å². The largest absolute Gasteiger partial charge is 0.456 e. The number of cyclic esters (lactones) is 1. The number of ether oxygens (including phenoxy) is 1. The average molecular weight is 179 g/mol. The lowest BCUT2D eigenvalue weighted by Crippen LogP contribution is -1.94. The molecule has 0 unspecified atom stereocenters. The van der Waals surface area contributed by atoms with Crippen molar-refractivity contribution >= 4 is 5.97 Å². The first kappa shape index (κ1) is 9.71. The number of hydrogen-bond acceptors (Lipinski definition) is 3. The van der Waals surface area contributed by atoms with Crippen LogP contribution in [0.15, 0.2) is 12.3 Å². The summed E-state index contributed by atoms with van der Waals surface area (Å²) in [6, 6.07) is 1.80. The quantitative estimate of drug-likeness (QED) is 0.572. The van der Waals surface area contributed by atoms with Crippen molar-refractivity contribution in [3.8, 4) is 0 Å². The van der Waals surface area contributed by atoms with Crippen molar-refractivity contribution in [2.24, 2.45) is 0 Å². The van der Waals surface area contributed by atoms with E-state index in [2.05, 4.69) is 4.98 Å². The maximum Gasteiger partial charge on any atom is 0.340 e. The summed E-state index contributed by atoms with van der Waals surface area (Å²) in [7, 11) is 0. The number of pyridine rings is 1. The fourth-order valence-electron chi connectivity index (χ4n) is 1.10. The van der Waals surface area contributed by atoms with Gasteiger partial charge in [-0.3, -0.25) is 4.98 Å². The number of carbonyl (C=O) groups excluding carboxylic acids is 1. The van der Waals surface area contributed by atoms with Crippen molar-refractivity contribution in [1.29, 1.82) is 0 Å². The van der Waals surface area contributed by atoms with Crippen molar-refractivity contribution < 1.29 is 9.53 Å². The Morgan fingerprint density at radius 3 is 2.85 bits per heavy atom. The highest BCUT2D eigenvalue weighted by Gasteiger charge is 2.21. The van der Waals surface area contributed by atoms with E-state index in [0.717, 1.165) is 11.3 Å². The molecule has 70 valence electrons. The van der Waals surface area contributed by atoms with Gasteiger partial charge in [-0.15, -0.1) is 0 Å². The standard InChI is InChI=1S/C8H7NO2.C2H6/c1-5-2-6-7(9-3-5)4-11-8(6)10;1-2/h2-3H,4H2,1H3;1-2H3. The molecule has 0 radical (unpaired) electrons. The molecule has 1 aromatic rings. The van der Waals surface area contributed by atoms with Crippen molar-refractivity contribution in [2.75, 3.05) is 0 Å². The lowest BCUT2D eigenvalue weighted by atomic mass is 10.2. The Balaban J connectivity index is 0.000000396. The van der Waals surface area contributed by atoms with Gasteiger partial charge in [-0.05, 0) is 18.6 Å². The van der Waals surface area contributed by atoms with E-state index >= 15 is 0 Å². The molecule has 0 saturated carbocycles. The van der Waals surface area contributed by atoms with Crippen molar-refractivity contribution in [3.63, 3.8) is 0 Å². The Kier molecular flexibility index (Phi) is 3.01. The number of nitrogens with zero attached hydrogens (tertiary/aromatic N) is 1. The summed E-state index contributed by atoms with van der Waals surface area (Å²) in [6.45, 7) is 6.23. The Morgan fingerprint density at radius 1 is 1.46 bits per heavy atom. The molecule has 0 atom stereocenters. The van der Waals surface area contributed by atoms with Crippen LogP contribution in [0, 0.1) is 6.92 Å². The summed E-state index contributed by atoms with van der Waals surface area (Å²) in [5, 5.41) is 0. The molecule has 2 heterocycles. The second kappa shape index (κ2) is 4.03. The maximum atomic E-state index is 11.0. The van der Waals surface area contributed by atoms with Crippen LogP contribution >= 0.6 is 0 Å². The van der Waals surface area contributed by atoms with Gasteiger partial charge in [0.1, 0.15) is 6.61 Å². The van der Waals surface area contributed by atoms with Crippen LogP contribution in [0.25, 0.3) is 0 Å². The summed E-state index contributed by atoms with van der Waals surface area (Å²) in [5.41, 5.74) is 2.35. The molecule has 3 nitrogen and oxygen atoms in total. The van der Waals surface area contributed by atoms with Crippen LogP contribution in [0.4, 0.5) is 0 Å². The number of hydrogen-bond donors (Lipinski definition) is 0. The molecule has 13 heavy (non-hydrogen) atoms. The van der Waals surface area contributed by atoms with E-state index in [9.17, 15) is 4.79 Å². The van der Waals surface area contributed by atoms with Crippen LogP contribution in [0.2, 0.25) is 0 Å². The zero-order valence-corrected chi connectivity index (χ0v) is 8.13. The molecule has 1 aliphatic heterocycles. The molecule has 1 aliphatic rings. The van der Waals surface area contributed by atoms with Crippen LogP contribution < -0.4 is 0 Å². The Hall–Kier alpha value is -1.38. The zero-order chi connectivity index (χ0) is 9.84. The maximum absolute atomic E-state index is 11.0. The minimum absolute atomic E-state index is 0.254. The van der Waals surface area contributed by atoms with Gasteiger partial charge in [-0.1, -0.05) is 13.8 Å². The Bertz CT molecular complexity index is 321. The van der Waals surface area contributed by atoms with E-state index in [1.165, 1.54) is 0 Å². The molecule has 0 bridgehead atoms. The number of rotatable bonds is 0. The van der Waals surface area contributed by atoms with E-state index in [1.807, 2.05) is 20.8 Å². The first-order chi connectivity index (χ1) is 6.27. The molecule has 2 rings (SSSR count). The van der Waals surface area contributed by atoms with Gasteiger partial charge < -0.3 is 4.74 Å². The smallest absolute Gasteiger partial charge is 0.340 e. The number of carbonyl (C=O) groups is 1. The van der Waals surface area contributed by atoms with Gasteiger partial charge in [-0.2, -0.15) is 0 Å². The SMILES string of the molecule is CC.Cc1cnc2c(c1)C(=O)OC2. The minimum atomic E-state index is -0.254. The van der Waals surface area contributed by atoms with Crippen LogP contribution in [0.1, 0.15) is 35.5 Å². The predicted octanol–water partition coefficient (Wildman–Crippen LogP) is 2.09. The predicted molar refractivity (Wildman–Crippen MR) is 49.4 cm³/mol. The van der Waals surface area contributed by atoms with Crippen LogP contribution in [-0.2, 0) is 11.3 Å². The van der Waals surface area contributed by atoms with Gasteiger partial charge >= 0.3 is 5.97 Å². The summed E-state index contributed by atoms with van der Waals surface area (Å²) >= 11 is 0. The summed E-state index contributed by atoms with van der Waals surface area (Å²) in [6.07, 6.45) is 1.74. The lowest BCUT2D eigenvalue weighted by Gasteiger charge is -1.92. The summed E-state index contributed by atoms with van der Waals surface area (Å²) in [5.74, 6) is -0.254. The molecule has 0 fully saturated rings. The fraction of sp³-hybridized carbons (Fsp3) is 0.400. The molecule has 0 aromatic carbocycles. The molecule has 3 heteroatoms. The number of aryl methyl sites for hydroxylation is 1. The molecule has 0 N–H and O–H groups in total. The van der Waals surface area contributed by atoms with Gasteiger partial charge in [0, 0.05) is 6.20 Å². The molecule has 0 aliphatic carbocycles. The van der Waals surface area contributed by atoms with E-state index < -0.39 is 0 Å². The van der Waals surface area contributed by atoms with E-state index in [4.69, 9.17) is 4.74 Å². The zero-order valence-electron chi connectivity index (χ0n) is 8.13. The summed E-state index contributed by atoms with van der Waals surface area (Å²) < 4.78 is 4.78. The highest BCUT2D eigenvalue weighted by atomic mass is 16.5. The van der Waals surface area contributed by atoms with Crippen LogP contribution in [-0.4, -0.2) is 11.0 Å². The average Bonchev–Trinajstić information content (AvgIpc) is 2.52. The van der Waals surface area contributed by atoms with Gasteiger partial charge in [-0.25, -0.2) is 4.79 Å². The third-order valence-electron chi connectivity index (χ3n) is 1.67. The van der Waals surface area contributed by atoms with Gasteiger partial charge in [0.05, 0.1) is 11.3 Å². The second-order valence-electron chi connectivity index (χ2n) is 2.58. The lowest BCUT2D eigenvalue weighted by molar-refractivity contribution is 0.0533. The van der Waals surface area contributed by atoms with Crippen LogP contribution in [0.3, 0.4) is 0 Å². The second-order valence-corrected chi connectivity index (χ2v) is 2.58. The number of aromatic nitrogens is 1. The van der Waals surface area contributed by atoms with Crippen molar-refractivity contribution in [2.45, 2.75) is 27.4 Å². The Morgan fingerprint density at radius 2 is 2.15 bits per heavy atom. The Labute approximate surface area is 77.8 Å². The molecular formula is C10H13NO2. The van der Waals surface area contributed by atoms with E-state index in [-0.39, 0.29) is 5.97 Å². The van der Waals surface area contributed by atoms with E-state index in [1.54, 1.807) is 12.3 Å². The third kappa shape index (κ3) is 1.86. The molecular weight excluding hydrogens is 166 g/mol. The van der Waals surface area contributed by atoms with Gasteiger partial charge in [0.15, 0.2) is 0 Å². The number of fused-ring (bicyclic) bond motifs is 1. The fourth-order valence-corrected chi connectivity index (χ4v) is 1.10. The molecule has 1 aromatic heterocycles. The first-order valence-corrected chi connectivity index (χ1v) is 4.40. The highest BCUT2D eigenvalue weighted by molar-refractivity contribution is 5.92. The minimum Gasteiger partial charge on any atom is -0.456 e. The topological polar surface area (TPSA) is 39.2 Å². The number of esters is 1. The first-order valence-electron chi connectivity index (χ1n) is 4.40. The molecule has 0 amide bonds. The summed E-state index contributed by atoms with van der Waals surface area (Å²) in [4.78, 5) is 15.0. The van der Waals surface area contributed by atoms with Gasteiger partial charge in [0.2, 0.25) is 0 Å². The molecule has 0 saturated heterocycles. The molecule has 0 spiro atoms. The van der Waals surface area contributed by atoms with Crippen molar-refractivity contribution in [3.05, 3.63) is 29.1 Å².